The number of carbonyl (C=O) groups excluding carboxylic acids is 2. The third kappa shape index (κ3) is 6.72. The summed E-state index contributed by atoms with van der Waals surface area (Å²) in [7, 11) is 0. The Balaban J connectivity index is 1.30. The van der Waals surface area contributed by atoms with Gasteiger partial charge < -0.3 is 20.1 Å². The standard InChI is InChI=1S/C27H36N4O5/c1-19(18-36-25(34)11-10-24(32)33)31-17-21-6-5-9-23(26(21)29-31)27(35)28-16-20-12-14-30(15-13-20)22-7-3-2-4-8-22/h5-6,9-11,17,19-20,22H,2-4,7-8,12-16,18H2,1H3,(H,28,35)(H,32,33)/b11-10+. The van der Waals surface area contributed by atoms with E-state index in [0.717, 1.165) is 49.5 Å². The monoisotopic (exact) mass is 496 g/mol. The number of rotatable bonds is 9. The number of hydrogen-bond acceptors (Lipinski definition) is 6. The third-order valence-corrected chi connectivity index (χ3v) is 7.37. The Bertz CT molecular complexity index is 1100. The number of aromatic nitrogens is 2. The van der Waals surface area contributed by atoms with Crippen molar-refractivity contribution in [2.45, 2.75) is 64.0 Å². The van der Waals surface area contributed by atoms with Gasteiger partial charge in [-0.1, -0.05) is 31.4 Å². The highest BCUT2D eigenvalue weighted by Gasteiger charge is 2.26. The molecule has 1 amide bonds. The van der Waals surface area contributed by atoms with Crippen molar-refractivity contribution in [2.75, 3.05) is 26.2 Å². The Labute approximate surface area is 211 Å². The first-order chi connectivity index (χ1) is 17.4. The van der Waals surface area contributed by atoms with Gasteiger partial charge in [-0.3, -0.25) is 9.48 Å². The number of nitrogens with one attached hydrogen (secondary N) is 1. The number of benzene rings is 1. The van der Waals surface area contributed by atoms with Crippen LogP contribution in [0.2, 0.25) is 0 Å². The molecule has 36 heavy (non-hydrogen) atoms. The fourth-order valence-electron chi connectivity index (χ4n) is 5.24. The second-order valence-electron chi connectivity index (χ2n) is 9.98. The van der Waals surface area contributed by atoms with Crippen LogP contribution in [0.25, 0.3) is 10.9 Å². The minimum atomic E-state index is -1.21. The molecule has 2 fully saturated rings. The van der Waals surface area contributed by atoms with Crippen molar-refractivity contribution < 1.29 is 24.2 Å². The molecule has 1 atom stereocenters. The van der Waals surface area contributed by atoms with E-state index < -0.39 is 11.9 Å². The lowest BCUT2D eigenvalue weighted by Gasteiger charge is -2.39. The van der Waals surface area contributed by atoms with Crippen molar-refractivity contribution in [1.82, 2.24) is 20.0 Å². The lowest BCUT2D eigenvalue weighted by molar-refractivity contribution is -0.139. The summed E-state index contributed by atoms with van der Waals surface area (Å²) in [5.41, 5.74) is 1.13. The van der Waals surface area contributed by atoms with Crippen LogP contribution in [-0.2, 0) is 14.3 Å². The highest BCUT2D eigenvalue weighted by atomic mass is 16.5. The van der Waals surface area contributed by atoms with E-state index in [9.17, 15) is 14.4 Å². The van der Waals surface area contributed by atoms with Crippen molar-refractivity contribution >= 4 is 28.7 Å². The first-order valence-electron chi connectivity index (χ1n) is 13.0. The van der Waals surface area contributed by atoms with Crippen molar-refractivity contribution in [2.24, 2.45) is 5.92 Å². The van der Waals surface area contributed by atoms with Crippen LogP contribution in [0.3, 0.4) is 0 Å². The van der Waals surface area contributed by atoms with Crippen molar-refractivity contribution in [3.8, 4) is 0 Å². The molecule has 2 N–H and O–H groups in total. The maximum absolute atomic E-state index is 13.0. The Hall–Kier alpha value is -3.20. The van der Waals surface area contributed by atoms with Gasteiger partial charge in [0.1, 0.15) is 12.1 Å². The zero-order valence-electron chi connectivity index (χ0n) is 20.9. The molecule has 1 aliphatic heterocycles. The maximum Gasteiger partial charge on any atom is 0.331 e. The Morgan fingerprint density at radius 2 is 1.89 bits per heavy atom. The predicted octanol–water partition coefficient (Wildman–Crippen LogP) is 3.56. The molecule has 1 unspecified atom stereocenters. The summed E-state index contributed by atoms with van der Waals surface area (Å²) < 4.78 is 6.76. The molecule has 0 radical (unpaired) electrons. The Morgan fingerprint density at radius 1 is 1.14 bits per heavy atom. The van der Waals surface area contributed by atoms with E-state index in [1.54, 1.807) is 10.7 Å². The number of amides is 1. The molecule has 0 bridgehead atoms. The van der Waals surface area contributed by atoms with Crippen molar-refractivity contribution in [3.63, 3.8) is 0 Å². The number of nitrogens with zero attached hydrogens (tertiary/aromatic N) is 3. The van der Waals surface area contributed by atoms with E-state index >= 15 is 0 Å². The molecule has 2 aromatic rings. The van der Waals surface area contributed by atoms with E-state index in [4.69, 9.17) is 9.84 Å². The normalized spacial score (nSPS) is 18.9. The molecular weight excluding hydrogens is 460 g/mol. The van der Waals surface area contributed by atoms with Gasteiger partial charge in [0.2, 0.25) is 0 Å². The minimum absolute atomic E-state index is 0.0257. The predicted molar refractivity (Wildman–Crippen MR) is 136 cm³/mol. The highest BCUT2D eigenvalue weighted by Crippen LogP contribution is 2.27. The van der Waals surface area contributed by atoms with Gasteiger partial charge in [-0.2, -0.15) is 5.10 Å². The average molecular weight is 497 g/mol. The van der Waals surface area contributed by atoms with E-state index in [1.165, 1.54) is 32.1 Å². The van der Waals surface area contributed by atoms with E-state index in [2.05, 4.69) is 15.3 Å². The van der Waals surface area contributed by atoms with Crippen LogP contribution < -0.4 is 5.32 Å². The summed E-state index contributed by atoms with van der Waals surface area (Å²) in [6.07, 6.45) is 12.4. The quantitative estimate of drug-likeness (QED) is 0.403. The molecule has 1 aromatic heterocycles. The molecule has 2 aliphatic rings. The molecule has 1 aromatic carbocycles. The van der Waals surface area contributed by atoms with Crippen molar-refractivity contribution in [3.05, 3.63) is 42.1 Å². The van der Waals surface area contributed by atoms with Crippen molar-refractivity contribution in [1.29, 1.82) is 0 Å². The number of esters is 1. The Morgan fingerprint density at radius 3 is 2.61 bits per heavy atom. The van der Waals surface area contributed by atoms with Gasteiger partial charge >= 0.3 is 11.9 Å². The van der Waals surface area contributed by atoms with E-state index in [1.807, 2.05) is 25.3 Å². The van der Waals surface area contributed by atoms with Gasteiger partial charge in [-0.15, -0.1) is 0 Å². The molecule has 194 valence electrons. The fraction of sp³-hybridized carbons (Fsp3) is 0.556. The van der Waals surface area contributed by atoms with Crippen LogP contribution in [0, 0.1) is 5.92 Å². The molecule has 2 heterocycles. The molecule has 0 spiro atoms. The smallest absolute Gasteiger partial charge is 0.331 e. The molecule has 1 aliphatic carbocycles. The molecule has 1 saturated heterocycles. The molecule has 1 saturated carbocycles. The van der Waals surface area contributed by atoms with E-state index in [0.29, 0.717) is 23.5 Å². The Kier molecular flexibility index (Phi) is 8.74. The summed E-state index contributed by atoms with van der Waals surface area (Å²) in [6.45, 7) is 4.78. The summed E-state index contributed by atoms with van der Waals surface area (Å²) >= 11 is 0. The number of ether oxygens (including phenoxy) is 1. The van der Waals surface area contributed by atoms with Gasteiger partial charge in [0.05, 0.1) is 11.6 Å². The largest absolute Gasteiger partial charge is 0.478 e. The topological polar surface area (TPSA) is 114 Å². The van der Waals surface area contributed by atoms with Crippen LogP contribution in [-0.4, -0.2) is 69.9 Å². The van der Waals surface area contributed by atoms with Crippen LogP contribution >= 0.6 is 0 Å². The van der Waals surface area contributed by atoms with Crippen LogP contribution in [0.1, 0.15) is 68.3 Å². The SMILES string of the molecule is CC(COC(=O)/C=C/C(=O)O)n1cc2cccc(C(=O)NCC3CCN(C4CCCCC4)CC3)c2n1. The van der Waals surface area contributed by atoms with E-state index in [-0.39, 0.29) is 18.6 Å². The summed E-state index contributed by atoms with van der Waals surface area (Å²) in [5, 5.41) is 17.1. The van der Waals surface area contributed by atoms with Crippen LogP contribution in [0.15, 0.2) is 36.5 Å². The van der Waals surface area contributed by atoms with Gasteiger partial charge in [0.25, 0.3) is 5.91 Å². The lowest BCUT2D eigenvalue weighted by atomic mass is 9.90. The third-order valence-electron chi connectivity index (χ3n) is 7.37. The number of likely N-dealkylation sites (tertiary alicyclic amines) is 1. The number of aliphatic carboxylic acids is 1. The number of carbonyl (C=O) groups is 3. The second kappa shape index (κ2) is 12.2. The summed E-state index contributed by atoms with van der Waals surface area (Å²) in [5.74, 6) is -1.58. The number of hydrogen-bond donors (Lipinski definition) is 2. The molecule has 9 heteroatoms. The molecule has 4 rings (SSSR count). The van der Waals surface area contributed by atoms with Gasteiger partial charge in [0, 0.05) is 36.3 Å². The average Bonchev–Trinajstić information content (AvgIpc) is 3.34. The van der Waals surface area contributed by atoms with Gasteiger partial charge in [-0.05, 0) is 57.7 Å². The zero-order valence-corrected chi connectivity index (χ0v) is 20.9. The van der Waals surface area contributed by atoms with Crippen LogP contribution in [0.4, 0.5) is 0 Å². The number of piperidine rings is 1. The first kappa shape index (κ1) is 25.9. The molecular formula is C27H36N4O5. The molecule has 9 nitrogen and oxygen atoms in total. The fourth-order valence-corrected chi connectivity index (χ4v) is 5.24. The van der Waals surface area contributed by atoms with Gasteiger partial charge in [-0.25, -0.2) is 9.59 Å². The second-order valence-corrected chi connectivity index (χ2v) is 9.98. The first-order valence-corrected chi connectivity index (χ1v) is 13.0. The number of carboxylic acid groups (broad SMARTS) is 1. The minimum Gasteiger partial charge on any atom is -0.478 e. The summed E-state index contributed by atoms with van der Waals surface area (Å²) in [6, 6.07) is 5.99. The zero-order chi connectivity index (χ0) is 25.5. The highest BCUT2D eigenvalue weighted by molar-refractivity contribution is 6.05. The maximum atomic E-state index is 13.0. The number of carboxylic acids is 1. The summed E-state index contributed by atoms with van der Waals surface area (Å²) in [4.78, 5) is 37.9. The lowest BCUT2D eigenvalue weighted by Crippen LogP contribution is -2.44. The number of fused-ring (bicyclic) bond motifs is 1. The van der Waals surface area contributed by atoms with Gasteiger partial charge in [0.15, 0.2) is 0 Å². The van der Waals surface area contributed by atoms with Crippen LogP contribution in [0.5, 0.6) is 0 Å².